The Hall–Kier alpha value is -0.820. The van der Waals surface area contributed by atoms with Gasteiger partial charge in [-0.25, -0.2) is 0 Å². The predicted octanol–water partition coefficient (Wildman–Crippen LogP) is 5.58. The summed E-state index contributed by atoms with van der Waals surface area (Å²) in [7, 11) is 0. The molecular formula is C19H21Br. The van der Waals surface area contributed by atoms with Crippen LogP contribution in [0.2, 0.25) is 0 Å². The van der Waals surface area contributed by atoms with Crippen LogP contribution in [-0.4, -0.2) is 5.33 Å². The fourth-order valence-electron chi connectivity index (χ4n) is 4.81. The van der Waals surface area contributed by atoms with E-state index in [1.807, 2.05) is 0 Å². The van der Waals surface area contributed by atoms with E-state index in [0.29, 0.717) is 5.41 Å². The van der Waals surface area contributed by atoms with Crippen LogP contribution >= 0.6 is 15.9 Å². The molecule has 4 rings (SSSR count). The fraction of sp³-hybridized carbons (Fsp3) is 0.474. The van der Waals surface area contributed by atoms with Crippen LogP contribution in [0.3, 0.4) is 0 Å². The Morgan fingerprint density at radius 2 is 1.90 bits per heavy atom. The van der Waals surface area contributed by atoms with Gasteiger partial charge in [0.25, 0.3) is 0 Å². The molecule has 2 fully saturated rings. The van der Waals surface area contributed by atoms with E-state index >= 15 is 0 Å². The quantitative estimate of drug-likeness (QED) is 0.645. The lowest BCUT2D eigenvalue weighted by Crippen LogP contribution is -2.32. The van der Waals surface area contributed by atoms with Gasteiger partial charge in [-0.05, 0) is 59.3 Å². The lowest BCUT2D eigenvalue weighted by Gasteiger charge is -2.37. The molecule has 20 heavy (non-hydrogen) atoms. The lowest BCUT2D eigenvalue weighted by molar-refractivity contribution is 0.197. The van der Waals surface area contributed by atoms with Crippen molar-refractivity contribution in [1.29, 1.82) is 0 Å². The molecule has 0 aliphatic heterocycles. The van der Waals surface area contributed by atoms with Gasteiger partial charge in [-0.15, -0.1) is 0 Å². The maximum Gasteiger partial charge on any atom is 0.00939 e. The number of alkyl halides is 1. The molecule has 2 aromatic carbocycles. The van der Waals surface area contributed by atoms with Crippen molar-refractivity contribution in [1.82, 2.24) is 0 Å². The molecule has 0 radical (unpaired) electrons. The molecule has 3 unspecified atom stereocenters. The fourth-order valence-corrected chi connectivity index (χ4v) is 5.70. The molecule has 2 aromatic rings. The average Bonchev–Trinajstić information content (AvgIpc) is 3.09. The number of halogens is 1. The van der Waals surface area contributed by atoms with Crippen molar-refractivity contribution in [2.75, 3.05) is 5.33 Å². The van der Waals surface area contributed by atoms with Crippen LogP contribution in [0, 0.1) is 17.3 Å². The van der Waals surface area contributed by atoms with Crippen molar-refractivity contribution < 1.29 is 0 Å². The highest BCUT2D eigenvalue weighted by Crippen LogP contribution is 2.58. The predicted molar refractivity (Wildman–Crippen MR) is 89.3 cm³/mol. The van der Waals surface area contributed by atoms with E-state index in [2.05, 4.69) is 58.4 Å². The minimum atomic E-state index is 0.521. The summed E-state index contributed by atoms with van der Waals surface area (Å²) in [6, 6.07) is 15.7. The summed E-state index contributed by atoms with van der Waals surface area (Å²) in [5.41, 5.74) is 2.07. The Morgan fingerprint density at radius 1 is 1.05 bits per heavy atom. The summed E-state index contributed by atoms with van der Waals surface area (Å²) < 4.78 is 0. The summed E-state index contributed by atoms with van der Waals surface area (Å²) in [5, 5.41) is 4.01. The summed E-state index contributed by atoms with van der Waals surface area (Å²) in [5.74, 6) is 1.96. The van der Waals surface area contributed by atoms with Gasteiger partial charge in [-0.3, -0.25) is 0 Å². The summed E-state index contributed by atoms with van der Waals surface area (Å²) in [6.45, 7) is 0. The van der Waals surface area contributed by atoms with Gasteiger partial charge in [0.2, 0.25) is 0 Å². The molecule has 2 aliphatic carbocycles. The first-order chi connectivity index (χ1) is 9.81. The third-order valence-corrected chi connectivity index (χ3v) is 6.91. The molecule has 2 bridgehead atoms. The van der Waals surface area contributed by atoms with Gasteiger partial charge in [0.05, 0.1) is 0 Å². The molecule has 0 N–H and O–H groups in total. The van der Waals surface area contributed by atoms with Crippen LogP contribution in [0.4, 0.5) is 0 Å². The molecule has 2 aliphatic rings. The van der Waals surface area contributed by atoms with Gasteiger partial charge < -0.3 is 0 Å². The molecule has 0 heterocycles. The van der Waals surface area contributed by atoms with Crippen molar-refractivity contribution in [3.05, 3.63) is 48.0 Å². The number of hydrogen-bond acceptors (Lipinski definition) is 0. The molecule has 3 atom stereocenters. The monoisotopic (exact) mass is 328 g/mol. The van der Waals surface area contributed by atoms with Crippen molar-refractivity contribution in [2.24, 2.45) is 17.3 Å². The van der Waals surface area contributed by atoms with Gasteiger partial charge in [0.1, 0.15) is 0 Å². The molecule has 0 aromatic heterocycles. The van der Waals surface area contributed by atoms with E-state index in [4.69, 9.17) is 0 Å². The Balaban J connectivity index is 1.73. The largest absolute Gasteiger partial charge is 0.0922 e. The topological polar surface area (TPSA) is 0 Å². The Labute approximate surface area is 129 Å². The SMILES string of the molecule is BrCC1(Cc2cccc3ccccc23)CC2CCC1C2. The Kier molecular flexibility index (Phi) is 3.14. The third-order valence-electron chi connectivity index (χ3n) is 5.79. The van der Waals surface area contributed by atoms with Crippen LogP contribution in [0.15, 0.2) is 42.5 Å². The van der Waals surface area contributed by atoms with E-state index in [1.165, 1.54) is 48.2 Å². The van der Waals surface area contributed by atoms with Crippen molar-refractivity contribution in [3.63, 3.8) is 0 Å². The first-order valence-electron chi connectivity index (χ1n) is 7.83. The minimum Gasteiger partial charge on any atom is -0.0922 e. The van der Waals surface area contributed by atoms with E-state index in [0.717, 1.165) is 11.8 Å². The molecule has 0 amide bonds. The molecule has 0 spiro atoms. The zero-order chi connectivity index (χ0) is 13.6. The highest BCUT2D eigenvalue weighted by molar-refractivity contribution is 9.09. The summed E-state index contributed by atoms with van der Waals surface area (Å²) >= 11 is 3.86. The smallest absolute Gasteiger partial charge is 0.00939 e. The van der Waals surface area contributed by atoms with Gasteiger partial charge >= 0.3 is 0 Å². The summed E-state index contributed by atoms with van der Waals surface area (Å²) in [6.07, 6.45) is 7.11. The number of fused-ring (bicyclic) bond motifs is 3. The highest BCUT2D eigenvalue weighted by atomic mass is 79.9. The van der Waals surface area contributed by atoms with Gasteiger partial charge in [-0.1, -0.05) is 64.8 Å². The van der Waals surface area contributed by atoms with Crippen LogP contribution in [-0.2, 0) is 6.42 Å². The van der Waals surface area contributed by atoms with E-state index in [9.17, 15) is 0 Å². The molecular weight excluding hydrogens is 308 g/mol. The molecule has 104 valence electrons. The zero-order valence-electron chi connectivity index (χ0n) is 11.8. The maximum absolute atomic E-state index is 3.86. The van der Waals surface area contributed by atoms with Crippen LogP contribution in [0.5, 0.6) is 0 Å². The molecule has 1 heteroatoms. The summed E-state index contributed by atoms with van der Waals surface area (Å²) in [4.78, 5) is 0. The van der Waals surface area contributed by atoms with Crippen LogP contribution < -0.4 is 0 Å². The van der Waals surface area contributed by atoms with E-state index in [-0.39, 0.29) is 0 Å². The first-order valence-corrected chi connectivity index (χ1v) is 8.95. The molecule has 0 nitrogen and oxygen atoms in total. The standard InChI is InChI=1S/C19H21Br/c20-13-19(11-14-8-9-17(19)10-14)12-16-6-3-5-15-4-1-2-7-18(15)16/h1-7,14,17H,8-13H2. The molecule has 2 saturated carbocycles. The molecule has 0 saturated heterocycles. The Bertz CT molecular complexity index is 627. The normalized spacial score (nSPS) is 32.0. The zero-order valence-corrected chi connectivity index (χ0v) is 13.4. The van der Waals surface area contributed by atoms with Gasteiger partial charge in [0, 0.05) is 5.33 Å². The van der Waals surface area contributed by atoms with Gasteiger partial charge in [-0.2, -0.15) is 0 Å². The number of hydrogen-bond donors (Lipinski definition) is 0. The highest BCUT2D eigenvalue weighted by Gasteiger charge is 2.49. The van der Waals surface area contributed by atoms with Crippen LogP contribution in [0.1, 0.15) is 31.2 Å². The maximum atomic E-state index is 3.86. The first kappa shape index (κ1) is 12.9. The van der Waals surface area contributed by atoms with Crippen molar-refractivity contribution >= 4 is 26.7 Å². The Morgan fingerprint density at radius 3 is 2.65 bits per heavy atom. The second-order valence-electron chi connectivity index (χ2n) is 6.89. The van der Waals surface area contributed by atoms with E-state index in [1.54, 1.807) is 5.56 Å². The number of rotatable bonds is 3. The van der Waals surface area contributed by atoms with E-state index < -0.39 is 0 Å². The lowest BCUT2D eigenvalue weighted by atomic mass is 9.70. The average molecular weight is 329 g/mol. The van der Waals surface area contributed by atoms with Crippen LogP contribution in [0.25, 0.3) is 10.8 Å². The second-order valence-corrected chi connectivity index (χ2v) is 7.45. The second kappa shape index (κ2) is 4.87. The minimum absolute atomic E-state index is 0.521. The number of benzene rings is 2. The van der Waals surface area contributed by atoms with Crippen molar-refractivity contribution in [3.8, 4) is 0 Å². The third kappa shape index (κ3) is 1.94. The van der Waals surface area contributed by atoms with Crippen molar-refractivity contribution in [2.45, 2.75) is 32.1 Å². The van der Waals surface area contributed by atoms with Gasteiger partial charge in [0.15, 0.2) is 0 Å².